The predicted molar refractivity (Wildman–Crippen MR) is 59.1 cm³/mol. The highest BCUT2D eigenvalue weighted by atomic mass is 32.2. The van der Waals surface area contributed by atoms with E-state index in [2.05, 4.69) is 0 Å². The van der Waals surface area contributed by atoms with Gasteiger partial charge in [-0.1, -0.05) is 0 Å². The summed E-state index contributed by atoms with van der Waals surface area (Å²) in [6.07, 6.45) is -0.581. The fourth-order valence-electron chi connectivity index (χ4n) is 1.34. The van der Waals surface area contributed by atoms with Gasteiger partial charge in [-0.05, 0) is 20.8 Å². The molecule has 0 saturated carbocycles. The number of ether oxygens (including phenoxy) is 1. The minimum absolute atomic E-state index is 0.363. The van der Waals surface area contributed by atoms with E-state index in [9.17, 15) is 14.7 Å². The van der Waals surface area contributed by atoms with Crippen LogP contribution >= 0.6 is 11.8 Å². The molecule has 0 bridgehead atoms. The Bertz CT molecular complexity index is 287. The number of hydrogen-bond donors (Lipinski definition) is 0. The lowest BCUT2D eigenvalue weighted by molar-refractivity contribution is -0.310. The number of rotatable bonds is 1. The summed E-state index contributed by atoms with van der Waals surface area (Å²) in [5, 5.41) is 10.9. The van der Waals surface area contributed by atoms with Crippen molar-refractivity contribution in [1.29, 1.82) is 0 Å². The molecule has 1 fully saturated rings. The van der Waals surface area contributed by atoms with Crippen LogP contribution in [0.5, 0.6) is 0 Å². The molecule has 1 aliphatic heterocycles. The van der Waals surface area contributed by atoms with Crippen LogP contribution in [0.2, 0.25) is 0 Å². The van der Waals surface area contributed by atoms with Crippen LogP contribution in [-0.4, -0.2) is 46.7 Å². The number of carboxylic acids is 1. The minimum atomic E-state index is -1.22. The van der Waals surface area contributed by atoms with Crippen molar-refractivity contribution in [2.75, 3.05) is 18.1 Å². The fourth-order valence-corrected chi connectivity index (χ4v) is 2.37. The summed E-state index contributed by atoms with van der Waals surface area (Å²) in [6, 6.07) is -0.881. The van der Waals surface area contributed by atoms with Crippen LogP contribution in [0.3, 0.4) is 0 Å². The van der Waals surface area contributed by atoms with Gasteiger partial charge in [-0.25, -0.2) is 4.79 Å². The molecular formula is C10H16NO4S-. The largest absolute Gasteiger partial charge is 0.548 e. The average molecular weight is 246 g/mol. The molecule has 0 aromatic heterocycles. The number of hydrogen-bond acceptors (Lipinski definition) is 5. The first-order valence-electron chi connectivity index (χ1n) is 5.09. The zero-order chi connectivity index (χ0) is 12.3. The first kappa shape index (κ1) is 13.2. The number of nitrogens with zero attached hydrogens (tertiary/aromatic N) is 1. The lowest BCUT2D eigenvalue weighted by Gasteiger charge is -2.36. The van der Waals surface area contributed by atoms with E-state index in [0.29, 0.717) is 12.3 Å². The van der Waals surface area contributed by atoms with Crippen molar-refractivity contribution in [3.63, 3.8) is 0 Å². The Kier molecular flexibility index (Phi) is 4.07. The fraction of sp³-hybridized carbons (Fsp3) is 0.800. The molecule has 5 nitrogen and oxygen atoms in total. The van der Waals surface area contributed by atoms with E-state index >= 15 is 0 Å². The molecule has 16 heavy (non-hydrogen) atoms. The highest BCUT2D eigenvalue weighted by Gasteiger charge is 2.31. The number of aliphatic carboxylic acids is 1. The molecule has 1 amide bonds. The summed E-state index contributed by atoms with van der Waals surface area (Å²) in [5.41, 5.74) is -0.613. The molecule has 0 aromatic carbocycles. The Hall–Kier alpha value is -0.910. The number of carbonyl (C=O) groups excluding carboxylic acids is 2. The Morgan fingerprint density at radius 2 is 2.06 bits per heavy atom. The van der Waals surface area contributed by atoms with Gasteiger partial charge in [0.25, 0.3) is 0 Å². The predicted octanol–water partition coefficient (Wildman–Crippen LogP) is 0.0888. The summed E-state index contributed by atoms with van der Waals surface area (Å²) in [5.74, 6) is -0.136. The highest BCUT2D eigenvalue weighted by Crippen LogP contribution is 2.19. The van der Waals surface area contributed by atoms with Crippen molar-refractivity contribution in [2.45, 2.75) is 32.4 Å². The monoisotopic (exact) mass is 246 g/mol. The molecular weight excluding hydrogens is 230 g/mol. The summed E-state index contributed by atoms with van der Waals surface area (Å²) < 4.78 is 5.14. The van der Waals surface area contributed by atoms with E-state index in [1.807, 2.05) is 0 Å². The molecule has 1 aliphatic rings. The maximum atomic E-state index is 11.7. The standard InChI is InChI=1S/C10H17NO4S/c1-10(2,3)15-9(14)11-4-5-16-6-7(11)8(12)13/h7H,4-6H2,1-3H3,(H,12,13)/p-1/t7-/m0/s1. The van der Waals surface area contributed by atoms with Gasteiger partial charge in [0.1, 0.15) is 5.60 Å². The van der Waals surface area contributed by atoms with Gasteiger partial charge < -0.3 is 14.6 Å². The maximum Gasteiger partial charge on any atom is 0.410 e. The van der Waals surface area contributed by atoms with Crippen LogP contribution in [0.4, 0.5) is 4.79 Å². The van der Waals surface area contributed by atoms with Crippen molar-refractivity contribution in [3.05, 3.63) is 0 Å². The Labute approximate surface area is 99.1 Å². The highest BCUT2D eigenvalue weighted by molar-refractivity contribution is 7.99. The van der Waals surface area contributed by atoms with Crippen molar-refractivity contribution in [2.24, 2.45) is 0 Å². The van der Waals surface area contributed by atoms with Crippen molar-refractivity contribution < 1.29 is 19.4 Å². The second-order valence-electron chi connectivity index (χ2n) is 4.58. The molecule has 0 unspecified atom stereocenters. The van der Waals surface area contributed by atoms with Gasteiger partial charge in [0, 0.05) is 18.1 Å². The zero-order valence-corrected chi connectivity index (χ0v) is 10.5. The molecule has 0 N–H and O–H groups in total. The third-order valence-electron chi connectivity index (χ3n) is 2.03. The molecule has 0 aromatic rings. The third kappa shape index (κ3) is 3.59. The van der Waals surface area contributed by atoms with E-state index in [1.54, 1.807) is 20.8 Å². The van der Waals surface area contributed by atoms with Crippen LogP contribution in [0.25, 0.3) is 0 Å². The molecule has 1 rings (SSSR count). The van der Waals surface area contributed by atoms with Gasteiger partial charge >= 0.3 is 6.09 Å². The van der Waals surface area contributed by atoms with E-state index in [0.717, 1.165) is 5.75 Å². The summed E-state index contributed by atoms with van der Waals surface area (Å²) in [6.45, 7) is 5.63. The maximum absolute atomic E-state index is 11.7. The van der Waals surface area contributed by atoms with Crippen LogP contribution in [0, 0.1) is 0 Å². The van der Waals surface area contributed by atoms with E-state index in [4.69, 9.17) is 4.74 Å². The second-order valence-corrected chi connectivity index (χ2v) is 5.73. The molecule has 1 atom stereocenters. The number of amides is 1. The van der Waals surface area contributed by atoms with Gasteiger partial charge in [0.05, 0.1) is 12.0 Å². The number of carboxylic acid groups (broad SMARTS) is 1. The first-order chi connectivity index (χ1) is 7.31. The third-order valence-corrected chi connectivity index (χ3v) is 3.05. The normalized spacial score (nSPS) is 21.7. The topological polar surface area (TPSA) is 69.7 Å². The van der Waals surface area contributed by atoms with E-state index in [1.165, 1.54) is 16.7 Å². The average Bonchev–Trinajstić information content (AvgIpc) is 2.15. The molecule has 1 heterocycles. The summed E-state index contributed by atoms with van der Waals surface area (Å²) in [4.78, 5) is 23.8. The van der Waals surface area contributed by atoms with Gasteiger partial charge in [-0.3, -0.25) is 4.90 Å². The van der Waals surface area contributed by atoms with Crippen LogP contribution in [-0.2, 0) is 9.53 Å². The van der Waals surface area contributed by atoms with Crippen LogP contribution in [0.1, 0.15) is 20.8 Å². The van der Waals surface area contributed by atoms with Crippen LogP contribution < -0.4 is 5.11 Å². The van der Waals surface area contributed by atoms with Crippen LogP contribution in [0.15, 0.2) is 0 Å². The van der Waals surface area contributed by atoms with Gasteiger partial charge in [-0.2, -0.15) is 11.8 Å². The molecule has 92 valence electrons. The van der Waals surface area contributed by atoms with E-state index < -0.39 is 23.7 Å². The smallest absolute Gasteiger partial charge is 0.410 e. The van der Waals surface area contributed by atoms with Gasteiger partial charge in [-0.15, -0.1) is 0 Å². The lowest BCUT2D eigenvalue weighted by atomic mass is 10.2. The minimum Gasteiger partial charge on any atom is -0.548 e. The SMILES string of the molecule is CC(C)(C)OC(=O)N1CCSC[C@H]1C(=O)[O-]. The first-order valence-corrected chi connectivity index (χ1v) is 6.25. The summed E-state index contributed by atoms with van der Waals surface area (Å²) >= 11 is 1.50. The molecule has 0 aliphatic carbocycles. The zero-order valence-electron chi connectivity index (χ0n) is 9.69. The van der Waals surface area contributed by atoms with Gasteiger partial charge in [0.2, 0.25) is 0 Å². The quantitative estimate of drug-likeness (QED) is 0.655. The molecule has 0 radical (unpaired) electrons. The Morgan fingerprint density at radius 3 is 2.56 bits per heavy atom. The van der Waals surface area contributed by atoms with E-state index in [-0.39, 0.29) is 0 Å². The summed E-state index contributed by atoms with van der Waals surface area (Å²) in [7, 11) is 0. The second kappa shape index (κ2) is 4.95. The Balaban J connectivity index is 2.68. The number of carbonyl (C=O) groups is 2. The molecule has 1 saturated heterocycles. The lowest BCUT2D eigenvalue weighted by Crippen LogP contribution is -2.55. The molecule has 6 heteroatoms. The van der Waals surface area contributed by atoms with Crippen molar-refractivity contribution in [1.82, 2.24) is 4.90 Å². The van der Waals surface area contributed by atoms with Gasteiger partial charge in [0.15, 0.2) is 0 Å². The number of thioether (sulfide) groups is 1. The molecule has 0 spiro atoms. The van der Waals surface area contributed by atoms with Crippen molar-refractivity contribution in [3.8, 4) is 0 Å². The Morgan fingerprint density at radius 1 is 1.44 bits per heavy atom. The van der Waals surface area contributed by atoms with Crippen molar-refractivity contribution >= 4 is 23.8 Å².